The van der Waals surface area contributed by atoms with Gasteiger partial charge in [-0.3, -0.25) is 14.3 Å². The summed E-state index contributed by atoms with van der Waals surface area (Å²) in [7, 11) is 1.76. The first kappa shape index (κ1) is 16.3. The van der Waals surface area contributed by atoms with Crippen molar-refractivity contribution in [3.8, 4) is 0 Å². The van der Waals surface area contributed by atoms with Crippen molar-refractivity contribution in [3.63, 3.8) is 0 Å². The third kappa shape index (κ3) is 3.07. The maximum Gasteiger partial charge on any atom is 0.275 e. The van der Waals surface area contributed by atoms with Crippen molar-refractivity contribution in [2.75, 3.05) is 26.7 Å². The van der Waals surface area contributed by atoms with Crippen molar-refractivity contribution >= 4 is 23.4 Å². The first-order chi connectivity index (χ1) is 11.0. The predicted octanol–water partition coefficient (Wildman–Crippen LogP) is 1.02. The Hall–Kier alpha value is -1.60. The van der Waals surface area contributed by atoms with E-state index in [0.29, 0.717) is 24.5 Å². The smallest absolute Gasteiger partial charge is 0.275 e. The number of fused-ring (bicyclic) bond motifs is 1. The van der Waals surface area contributed by atoms with Gasteiger partial charge in [-0.2, -0.15) is 5.10 Å². The number of likely N-dealkylation sites (N-methyl/N-ethyl adjacent to an activating group) is 1. The first-order valence-electron chi connectivity index (χ1n) is 7.90. The summed E-state index contributed by atoms with van der Waals surface area (Å²) in [5.41, 5.74) is 0.282. The Balaban J connectivity index is 1.74. The lowest BCUT2D eigenvalue weighted by molar-refractivity contribution is -0.159. The number of carbonyl (C=O) groups excluding carboxylic acids is 2. The fourth-order valence-corrected chi connectivity index (χ4v) is 3.39. The molecule has 2 aliphatic heterocycles. The fraction of sp³-hybridized carbons (Fsp3) is 0.667. The molecule has 0 unspecified atom stereocenters. The normalized spacial score (nSPS) is 24.7. The van der Waals surface area contributed by atoms with Gasteiger partial charge in [-0.1, -0.05) is 18.5 Å². The molecule has 0 saturated carbocycles. The molecule has 2 aliphatic rings. The second kappa shape index (κ2) is 6.49. The van der Waals surface area contributed by atoms with E-state index in [1.165, 1.54) is 0 Å². The summed E-state index contributed by atoms with van der Waals surface area (Å²) in [6.07, 6.45) is 3.31. The molecule has 1 aromatic heterocycles. The summed E-state index contributed by atoms with van der Waals surface area (Å²) in [5.74, 6) is -0.236. The van der Waals surface area contributed by atoms with Crippen molar-refractivity contribution in [2.24, 2.45) is 0 Å². The van der Waals surface area contributed by atoms with Gasteiger partial charge < -0.3 is 14.5 Å². The molecular formula is C15H21ClN4O3. The second-order valence-electron chi connectivity index (χ2n) is 6.05. The highest BCUT2D eigenvalue weighted by Gasteiger charge is 2.40. The van der Waals surface area contributed by atoms with Gasteiger partial charge in [0.1, 0.15) is 6.61 Å². The molecule has 2 fully saturated rings. The highest BCUT2D eigenvalue weighted by atomic mass is 35.5. The summed E-state index contributed by atoms with van der Waals surface area (Å²) in [6.45, 7) is 3.92. The quantitative estimate of drug-likeness (QED) is 0.824. The number of piperidine rings is 1. The van der Waals surface area contributed by atoms with E-state index in [1.54, 1.807) is 27.7 Å². The topological polar surface area (TPSA) is 67.7 Å². The van der Waals surface area contributed by atoms with E-state index < -0.39 is 0 Å². The number of amides is 2. The number of halogens is 1. The van der Waals surface area contributed by atoms with Crippen LogP contribution in [0.25, 0.3) is 0 Å². The zero-order valence-corrected chi connectivity index (χ0v) is 14.1. The summed E-state index contributed by atoms with van der Waals surface area (Å²) in [4.78, 5) is 27.9. The Morgan fingerprint density at radius 1 is 1.52 bits per heavy atom. The number of hydrogen-bond acceptors (Lipinski definition) is 4. The number of rotatable bonds is 3. The Morgan fingerprint density at radius 2 is 2.30 bits per heavy atom. The van der Waals surface area contributed by atoms with E-state index in [0.717, 1.165) is 13.0 Å². The van der Waals surface area contributed by atoms with Gasteiger partial charge in [-0.15, -0.1) is 0 Å². The van der Waals surface area contributed by atoms with Crippen LogP contribution in [0.15, 0.2) is 6.20 Å². The molecule has 0 radical (unpaired) electrons. The third-order valence-corrected chi connectivity index (χ3v) is 4.77. The Morgan fingerprint density at radius 3 is 3.04 bits per heavy atom. The van der Waals surface area contributed by atoms with Crippen molar-refractivity contribution in [2.45, 2.75) is 38.5 Å². The Labute approximate surface area is 140 Å². The maximum atomic E-state index is 12.7. The number of morpholine rings is 1. The van der Waals surface area contributed by atoms with Crippen LogP contribution < -0.4 is 0 Å². The minimum absolute atomic E-state index is 0.00475. The predicted molar refractivity (Wildman–Crippen MR) is 84.3 cm³/mol. The summed E-state index contributed by atoms with van der Waals surface area (Å²) in [5, 5.41) is 4.66. The van der Waals surface area contributed by atoms with Crippen LogP contribution >= 0.6 is 11.6 Å². The molecule has 1 aromatic rings. The van der Waals surface area contributed by atoms with Gasteiger partial charge in [0.05, 0.1) is 17.2 Å². The van der Waals surface area contributed by atoms with Crippen molar-refractivity contribution in [1.29, 1.82) is 0 Å². The molecule has 0 aliphatic carbocycles. The molecule has 126 valence electrons. The van der Waals surface area contributed by atoms with Gasteiger partial charge in [0.15, 0.2) is 5.69 Å². The van der Waals surface area contributed by atoms with E-state index in [-0.39, 0.29) is 36.3 Å². The number of aromatic nitrogens is 2. The van der Waals surface area contributed by atoms with E-state index in [1.807, 2.05) is 6.92 Å². The van der Waals surface area contributed by atoms with Crippen LogP contribution in [0.2, 0.25) is 5.02 Å². The molecule has 2 amide bonds. The molecule has 7 nitrogen and oxygen atoms in total. The van der Waals surface area contributed by atoms with Crippen LogP contribution in [0.1, 0.15) is 30.3 Å². The average molecular weight is 341 g/mol. The van der Waals surface area contributed by atoms with Gasteiger partial charge in [-0.25, -0.2) is 0 Å². The number of hydrogen-bond donors (Lipinski definition) is 0. The van der Waals surface area contributed by atoms with Crippen LogP contribution in [0.3, 0.4) is 0 Å². The van der Waals surface area contributed by atoms with E-state index in [9.17, 15) is 9.59 Å². The van der Waals surface area contributed by atoms with E-state index in [4.69, 9.17) is 16.3 Å². The molecule has 0 N–H and O–H groups in total. The van der Waals surface area contributed by atoms with Gasteiger partial charge in [-0.05, 0) is 12.8 Å². The Kier molecular flexibility index (Phi) is 4.59. The summed E-state index contributed by atoms with van der Waals surface area (Å²) < 4.78 is 7.28. The minimum atomic E-state index is -0.185. The SMILES string of the molecule is CCCn1cc(Cl)c(C(=O)N2CC[C@@H]3OCC(=O)N(C)[C@H]3C2)n1. The molecule has 3 heterocycles. The summed E-state index contributed by atoms with van der Waals surface area (Å²) in [6, 6.07) is -0.106. The molecular weight excluding hydrogens is 320 g/mol. The standard InChI is InChI=1S/C15H21ClN4O3/c1-3-5-20-7-10(16)14(17-20)15(22)19-6-4-12-11(8-19)18(2)13(21)9-23-12/h7,11-12H,3-6,8-9H2,1-2H3/t11-,12-/m0/s1. The van der Waals surface area contributed by atoms with Gasteiger partial charge in [0, 0.05) is 32.9 Å². The fourth-order valence-electron chi connectivity index (χ4n) is 3.16. The van der Waals surface area contributed by atoms with Crippen LogP contribution in [0, 0.1) is 0 Å². The molecule has 3 rings (SSSR count). The zero-order valence-electron chi connectivity index (χ0n) is 13.4. The molecule has 8 heteroatoms. The van der Waals surface area contributed by atoms with Crippen LogP contribution in [0.5, 0.6) is 0 Å². The number of aryl methyl sites for hydroxylation is 1. The first-order valence-corrected chi connectivity index (χ1v) is 8.28. The van der Waals surface area contributed by atoms with E-state index >= 15 is 0 Å². The van der Waals surface area contributed by atoms with Gasteiger partial charge in [0.25, 0.3) is 5.91 Å². The van der Waals surface area contributed by atoms with Crippen LogP contribution in [0.4, 0.5) is 0 Å². The number of likely N-dealkylation sites (tertiary alicyclic amines) is 1. The molecule has 23 heavy (non-hydrogen) atoms. The van der Waals surface area contributed by atoms with E-state index in [2.05, 4.69) is 5.10 Å². The van der Waals surface area contributed by atoms with Gasteiger partial charge in [0.2, 0.25) is 5.91 Å². The number of carbonyl (C=O) groups is 2. The van der Waals surface area contributed by atoms with Crippen LogP contribution in [-0.4, -0.2) is 70.3 Å². The zero-order chi connectivity index (χ0) is 16.6. The highest BCUT2D eigenvalue weighted by Crippen LogP contribution is 2.25. The lowest BCUT2D eigenvalue weighted by Crippen LogP contribution is -2.61. The lowest BCUT2D eigenvalue weighted by Gasteiger charge is -2.45. The highest BCUT2D eigenvalue weighted by molar-refractivity contribution is 6.33. The molecule has 2 atom stereocenters. The average Bonchev–Trinajstić information content (AvgIpc) is 2.91. The molecule has 0 bridgehead atoms. The van der Waals surface area contributed by atoms with Crippen LogP contribution in [-0.2, 0) is 16.1 Å². The Bertz CT molecular complexity index is 618. The number of nitrogens with zero attached hydrogens (tertiary/aromatic N) is 4. The monoisotopic (exact) mass is 340 g/mol. The van der Waals surface area contributed by atoms with Gasteiger partial charge >= 0.3 is 0 Å². The minimum Gasteiger partial charge on any atom is -0.366 e. The molecule has 0 aromatic carbocycles. The van der Waals surface area contributed by atoms with Crippen molar-refractivity contribution < 1.29 is 14.3 Å². The van der Waals surface area contributed by atoms with Crippen molar-refractivity contribution in [3.05, 3.63) is 16.9 Å². The third-order valence-electron chi connectivity index (χ3n) is 4.49. The second-order valence-corrected chi connectivity index (χ2v) is 6.46. The maximum absolute atomic E-state index is 12.7. The summed E-state index contributed by atoms with van der Waals surface area (Å²) >= 11 is 6.16. The molecule has 0 spiro atoms. The lowest BCUT2D eigenvalue weighted by atomic mass is 9.99. The molecule has 2 saturated heterocycles. The largest absolute Gasteiger partial charge is 0.366 e. The number of ether oxygens (including phenoxy) is 1. The van der Waals surface area contributed by atoms with Crippen molar-refractivity contribution in [1.82, 2.24) is 19.6 Å².